The van der Waals surface area contributed by atoms with Crippen LogP contribution in [-0.2, 0) is 6.54 Å². The van der Waals surface area contributed by atoms with E-state index in [1.807, 2.05) is 24.3 Å². The van der Waals surface area contributed by atoms with Crippen molar-refractivity contribution in [3.05, 3.63) is 42.0 Å². The maximum atomic E-state index is 13.0. The number of aromatic hydroxyl groups is 1. The first-order valence-corrected chi connectivity index (χ1v) is 8.34. The molecule has 3 aromatic rings. The number of fused-ring (bicyclic) bond motifs is 3. The van der Waals surface area contributed by atoms with Crippen LogP contribution in [0.25, 0.3) is 21.9 Å². The third-order valence-corrected chi connectivity index (χ3v) is 4.94. The number of benzene rings is 2. The van der Waals surface area contributed by atoms with Crippen molar-refractivity contribution in [2.75, 3.05) is 13.1 Å². The predicted octanol–water partition coefficient (Wildman–Crippen LogP) is 5.07. The topological polar surface area (TPSA) is 36.6 Å². The summed E-state index contributed by atoms with van der Waals surface area (Å²) in [6.07, 6.45) is -3.48. The molecule has 25 heavy (non-hydrogen) atoms. The van der Waals surface area contributed by atoms with Gasteiger partial charge in [-0.15, -0.1) is 0 Å². The summed E-state index contributed by atoms with van der Waals surface area (Å²) in [4.78, 5) is 1.76. The van der Waals surface area contributed by atoms with Gasteiger partial charge in [-0.05, 0) is 37.6 Å². The highest BCUT2D eigenvalue weighted by Gasteiger charge is 2.41. The zero-order chi connectivity index (χ0) is 17.6. The van der Waals surface area contributed by atoms with Gasteiger partial charge in [0.05, 0.1) is 5.92 Å². The van der Waals surface area contributed by atoms with Crippen molar-refractivity contribution in [2.45, 2.75) is 25.6 Å². The highest BCUT2D eigenvalue weighted by molar-refractivity contribution is 6.05. The molecule has 132 valence electrons. The SMILES string of the molecule is Oc1cc2c(cc1CN1CCC[C@H](C(F)(F)F)C1)oc1ccccc12. The van der Waals surface area contributed by atoms with E-state index < -0.39 is 12.1 Å². The van der Waals surface area contributed by atoms with Crippen molar-refractivity contribution >= 4 is 21.9 Å². The average Bonchev–Trinajstić information content (AvgIpc) is 2.92. The van der Waals surface area contributed by atoms with Gasteiger partial charge in [0.25, 0.3) is 0 Å². The van der Waals surface area contributed by atoms with E-state index in [2.05, 4.69) is 0 Å². The molecule has 4 rings (SSSR count). The molecule has 0 spiro atoms. The molecule has 1 aromatic heterocycles. The molecule has 1 aliphatic rings. The van der Waals surface area contributed by atoms with Crippen LogP contribution >= 0.6 is 0 Å². The Morgan fingerprint density at radius 1 is 1.12 bits per heavy atom. The minimum atomic E-state index is -4.16. The number of hydrogen-bond donors (Lipinski definition) is 1. The van der Waals surface area contributed by atoms with Crippen LogP contribution in [0.15, 0.2) is 40.8 Å². The molecular formula is C19H18F3NO2. The summed E-state index contributed by atoms with van der Waals surface area (Å²) in [6.45, 7) is 0.858. The normalized spacial score (nSPS) is 19.7. The zero-order valence-electron chi connectivity index (χ0n) is 13.5. The van der Waals surface area contributed by atoms with Gasteiger partial charge in [0, 0.05) is 29.4 Å². The van der Waals surface area contributed by atoms with Crippen molar-refractivity contribution in [1.29, 1.82) is 0 Å². The Bertz CT molecular complexity index is 916. The molecule has 1 aliphatic heterocycles. The fourth-order valence-corrected chi connectivity index (χ4v) is 3.64. The van der Waals surface area contributed by atoms with Crippen molar-refractivity contribution in [3.8, 4) is 5.75 Å². The van der Waals surface area contributed by atoms with E-state index in [-0.39, 0.29) is 25.3 Å². The maximum absolute atomic E-state index is 13.0. The molecule has 0 unspecified atom stereocenters. The number of hydrogen-bond acceptors (Lipinski definition) is 3. The summed E-state index contributed by atoms with van der Waals surface area (Å²) in [6, 6.07) is 10.9. The van der Waals surface area contributed by atoms with Gasteiger partial charge in [-0.25, -0.2) is 0 Å². The Kier molecular flexibility index (Phi) is 3.87. The lowest BCUT2D eigenvalue weighted by Crippen LogP contribution is -2.41. The number of para-hydroxylation sites is 1. The first-order valence-electron chi connectivity index (χ1n) is 8.34. The van der Waals surface area contributed by atoms with Gasteiger partial charge in [0.1, 0.15) is 16.9 Å². The van der Waals surface area contributed by atoms with Crippen LogP contribution in [0.3, 0.4) is 0 Å². The Morgan fingerprint density at radius 2 is 1.92 bits per heavy atom. The van der Waals surface area contributed by atoms with E-state index in [4.69, 9.17) is 4.42 Å². The van der Waals surface area contributed by atoms with E-state index in [9.17, 15) is 18.3 Å². The minimum absolute atomic E-state index is 0.0267. The van der Waals surface area contributed by atoms with Crippen molar-refractivity contribution in [3.63, 3.8) is 0 Å². The third-order valence-electron chi connectivity index (χ3n) is 4.94. The number of furan rings is 1. The lowest BCUT2D eigenvalue weighted by atomic mass is 9.97. The van der Waals surface area contributed by atoms with Gasteiger partial charge < -0.3 is 9.52 Å². The summed E-state index contributed by atoms with van der Waals surface area (Å²) in [5, 5.41) is 12.1. The van der Waals surface area contributed by atoms with Crippen molar-refractivity contribution in [2.24, 2.45) is 5.92 Å². The molecular weight excluding hydrogens is 331 g/mol. The van der Waals surface area contributed by atoms with Gasteiger partial charge in [0.2, 0.25) is 0 Å². The molecule has 1 N–H and O–H groups in total. The van der Waals surface area contributed by atoms with E-state index in [0.717, 1.165) is 16.4 Å². The highest BCUT2D eigenvalue weighted by atomic mass is 19.4. The predicted molar refractivity (Wildman–Crippen MR) is 89.4 cm³/mol. The highest BCUT2D eigenvalue weighted by Crippen LogP contribution is 2.36. The molecule has 0 radical (unpaired) electrons. The van der Waals surface area contributed by atoms with Gasteiger partial charge in [-0.2, -0.15) is 13.2 Å². The maximum Gasteiger partial charge on any atom is 0.393 e. The number of likely N-dealkylation sites (tertiary alicyclic amines) is 1. The van der Waals surface area contributed by atoms with E-state index >= 15 is 0 Å². The lowest BCUT2D eigenvalue weighted by Gasteiger charge is -2.33. The second kappa shape index (κ2) is 5.95. The van der Waals surface area contributed by atoms with Crippen LogP contribution in [0.5, 0.6) is 5.75 Å². The van der Waals surface area contributed by atoms with Crippen LogP contribution < -0.4 is 0 Å². The Hall–Kier alpha value is -2.21. The third kappa shape index (κ3) is 3.06. The fraction of sp³-hybridized carbons (Fsp3) is 0.368. The van der Waals surface area contributed by atoms with Gasteiger partial charge in [-0.3, -0.25) is 4.90 Å². The Labute approximate surface area is 142 Å². The number of halogens is 3. The Morgan fingerprint density at radius 3 is 2.72 bits per heavy atom. The number of piperidine rings is 1. The van der Waals surface area contributed by atoms with Gasteiger partial charge >= 0.3 is 6.18 Å². The molecule has 6 heteroatoms. The number of phenols is 1. The fourth-order valence-electron chi connectivity index (χ4n) is 3.64. The number of alkyl halides is 3. The molecule has 1 atom stereocenters. The Balaban J connectivity index is 1.63. The lowest BCUT2D eigenvalue weighted by molar-refractivity contribution is -0.187. The van der Waals surface area contributed by atoms with E-state index in [0.29, 0.717) is 24.1 Å². The molecule has 0 bridgehead atoms. The smallest absolute Gasteiger partial charge is 0.393 e. The standard InChI is InChI=1S/C19H18F3NO2/c20-19(21,22)13-4-3-7-23(11-13)10-12-8-18-15(9-16(12)24)14-5-1-2-6-17(14)25-18/h1-2,5-6,8-9,13,24H,3-4,7,10-11H2/t13-/m0/s1. The first-order chi connectivity index (χ1) is 11.9. The second-order valence-electron chi connectivity index (χ2n) is 6.69. The molecule has 2 aromatic carbocycles. The summed E-state index contributed by atoms with van der Waals surface area (Å²) in [7, 11) is 0. The van der Waals surface area contributed by atoms with E-state index in [1.54, 1.807) is 17.0 Å². The van der Waals surface area contributed by atoms with Gasteiger partial charge in [0.15, 0.2) is 0 Å². The average molecular weight is 349 g/mol. The van der Waals surface area contributed by atoms with E-state index in [1.165, 1.54) is 0 Å². The van der Waals surface area contributed by atoms with Crippen LogP contribution in [-0.4, -0.2) is 29.3 Å². The molecule has 0 saturated carbocycles. The number of rotatable bonds is 2. The van der Waals surface area contributed by atoms with Crippen LogP contribution in [0, 0.1) is 5.92 Å². The molecule has 0 amide bonds. The molecule has 2 heterocycles. The van der Waals surface area contributed by atoms with Crippen LogP contribution in [0.1, 0.15) is 18.4 Å². The van der Waals surface area contributed by atoms with Crippen molar-refractivity contribution < 1.29 is 22.7 Å². The number of nitrogens with zero attached hydrogens (tertiary/aromatic N) is 1. The summed E-state index contributed by atoms with van der Waals surface area (Å²) >= 11 is 0. The number of phenolic OH excluding ortho intramolecular Hbond substituents is 1. The monoisotopic (exact) mass is 349 g/mol. The molecule has 3 nitrogen and oxygen atoms in total. The molecule has 1 fully saturated rings. The first kappa shape index (κ1) is 16.3. The summed E-state index contributed by atoms with van der Waals surface area (Å²) in [5.74, 6) is -1.20. The van der Waals surface area contributed by atoms with Crippen molar-refractivity contribution in [1.82, 2.24) is 4.90 Å². The molecule has 1 saturated heterocycles. The minimum Gasteiger partial charge on any atom is -0.508 e. The summed E-state index contributed by atoms with van der Waals surface area (Å²) in [5.41, 5.74) is 1.96. The second-order valence-corrected chi connectivity index (χ2v) is 6.69. The largest absolute Gasteiger partial charge is 0.508 e. The van der Waals surface area contributed by atoms with Crippen LogP contribution in [0.2, 0.25) is 0 Å². The van der Waals surface area contributed by atoms with Crippen LogP contribution in [0.4, 0.5) is 13.2 Å². The van der Waals surface area contributed by atoms with Gasteiger partial charge in [-0.1, -0.05) is 18.2 Å². The zero-order valence-corrected chi connectivity index (χ0v) is 13.5. The molecule has 0 aliphatic carbocycles. The quantitative estimate of drug-likeness (QED) is 0.702. The summed E-state index contributed by atoms with van der Waals surface area (Å²) < 4.78 is 44.7.